The van der Waals surface area contributed by atoms with Crippen molar-refractivity contribution in [3.8, 4) is 0 Å². The second-order valence-electron chi connectivity index (χ2n) is 4.36. The molecule has 0 amide bonds. The van der Waals surface area contributed by atoms with Gasteiger partial charge >= 0.3 is 0 Å². The van der Waals surface area contributed by atoms with Gasteiger partial charge in [0.1, 0.15) is 6.29 Å². The fourth-order valence-electron chi connectivity index (χ4n) is 1.26. The van der Waals surface area contributed by atoms with E-state index in [0.29, 0.717) is 6.61 Å². The fourth-order valence-corrected chi connectivity index (χ4v) is 1.26. The number of carbonyl (C=O) groups is 1. The number of aldehydes is 1. The normalized spacial score (nSPS) is 14.8. The van der Waals surface area contributed by atoms with Crippen molar-refractivity contribution in [1.82, 2.24) is 0 Å². The second kappa shape index (κ2) is 5.77. The fraction of sp³-hybridized carbons (Fsp3) is 0.462. The lowest BCUT2D eigenvalue weighted by Crippen LogP contribution is -2.50. The highest BCUT2D eigenvalue weighted by Gasteiger charge is 2.28. The Balaban J connectivity index is 2.43. The molecule has 1 rings (SSSR count). The minimum absolute atomic E-state index is 0.0702. The Morgan fingerprint density at radius 3 is 2.50 bits per heavy atom. The van der Waals surface area contributed by atoms with Crippen molar-refractivity contribution in [2.24, 2.45) is 11.7 Å². The molecular formula is C13H19NO2. The van der Waals surface area contributed by atoms with E-state index in [1.165, 1.54) is 0 Å². The standard InChI is InChI=1S/C13H19NO2/c1-11(2)13(14,9-15)10-16-8-12-6-4-3-5-7-12/h3-7,9,11H,8,10,14H2,1-2H3. The lowest BCUT2D eigenvalue weighted by atomic mass is 9.90. The van der Waals surface area contributed by atoms with Gasteiger partial charge in [-0.25, -0.2) is 0 Å². The van der Waals surface area contributed by atoms with E-state index in [2.05, 4.69) is 0 Å². The molecule has 1 atom stereocenters. The van der Waals surface area contributed by atoms with Crippen LogP contribution in [0, 0.1) is 5.92 Å². The maximum Gasteiger partial charge on any atom is 0.142 e. The van der Waals surface area contributed by atoms with Gasteiger partial charge in [0.25, 0.3) is 0 Å². The Labute approximate surface area is 96.6 Å². The third kappa shape index (κ3) is 3.43. The van der Waals surface area contributed by atoms with Crippen LogP contribution in [0.5, 0.6) is 0 Å². The smallest absolute Gasteiger partial charge is 0.142 e. The molecule has 0 spiro atoms. The van der Waals surface area contributed by atoms with E-state index in [1.807, 2.05) is 44.2 Å². The van der Waals surface area contributed by atoms with Crippen LogP contribution in [0.1, 0.15) is 19.4 Å². The van der Waals surface area contributed by atoms with E-state index < -0.39 is 5.54 Å². The first kappa shape index (κ1) is 12.9. The van der Waals surface area contributed by atoms with Gasteiger partial charge in [-0.05, 0) is 11.5 Å². The minimum Gasteiger partial charge on any atom is -0.374 e. The van der Waals surface area contributed by atoms with Gasteiger partial charge < -0.3 is 15.3 Å². The number of hydrogen-bond acceptors (Lipinski definition) is 3. The topological polar surface area (TPSA) is 52.3 Å². The Bertz CT molecular complexity index is 324. The molecular weight excluding hydrogens is 202 g/mol. The van der Waals surface area contributed by atoms with Crippen molar-refractivity contribution < 1.29 is 9.53 Å². The van der Waals surface area contributed by atoms with Crippen molar-refractivity contribution in [2.45, 2.75) is 26.0 Å². The van der Waals surface area contributed by atoms with Crippen LogP contribution in [0.2, 0.25) is 0 Å². The molecule has 0 aliphatic carbocycles. The second-order valence-corrected chi connectivity index (χ2v) is 4.36. The summed E-state index contributed by atoms with van der Waals surface area (Å²) in [6.45, 7) is 4.57. The molecule has 0 heterocycles. The van der Waals surface area contributed by atoms with Crippen molar-refractivity contribution >= 4 is 6.29 Å². The molecule has 3 nitrogen and oxygen atoms in total. The van der Waals surface area contributed by atoms with Crippen molar-refractivity contribution in [3.05, 3.63) is 35.9 Å². The van der Waals surface area contributed by atoms with Gasteiger partial charge in [0, 0.05) is 0 Å². The zero-order valence-electron chi connectivity index (χ0n) is 9.85. The third-order valence-electron chi connectivity index (χ3n) is 2.76. The highest BCUT2D eigenvalue weighted by atomic mass is 16.5. The molecule has 2 N–H and O–H groups in total. The van der Waals surface area contributed by atoms with Gasteiger partial charge in [-0.3, -0.25) is 0 Å². The van der Waals surface area contributed by atoms with Crippen LogP contribution < -0.4 is 5.73 Å². The molecule has 0 aromatic heterocycles. The first-order valence-corrected chi connectivity index (χ1v) is 5.45. The van der Waals surface area contributed by atoms with Gasteiger partial charge in [0.15, 0.2) is 0 Å². The van der Waals surface area contributed by atoms with Crippen LogP contribution in [0.3, 0.4) is 0 Å². The molecule has 1 aromatic carbocycles. The average Bonchev–Trinajstić information content (AvgIpc) is 2.30. The number of hydrogen-bond donors (Lipinski definition) is 1. The highest BCUT2D eigenvalue weighted by Crippen LogP contribution is 2.12. The average molecular weight is 221 g/mol. The quantitative estimate of drug-likeness (QED) is 0.745. The molecule has 1 aromatic rings. The Morgan fingerprint density at radius 2 is 2.00 bits per heavy atom. The van der Waals surface area contributed by atoms with Crippen LogP contribution in [0.4, 0.5) is 0 Å². The molecule has 0 aliphatic rings. The van der Waals surface area contributed by atoms with Crippen molar-refractivity contribution in [2.75, 3.05) is 6.61 Å². The van der Waals surface area contributed by atoms with E-state index in [4.69, 9.17) is 10.5 Å². The number of nitrogens with two attached hydrogens (primary N) is 1. The summed E-state index contributed by atoms with van der Waals surface area (Å²) >= 11 is 0. The monoisotopic (exact) mass is 221 g/mol. The molecule has 0 bridgehead atoms. The number of rotatable bonds is 6. The largest absolute Gasteiger partial charge is 0.374 e. The summed E-state index contributed by atoms with van der Waals surface area (Å²) in [4.78, 5) is 10.9. The van der Waals surface area contributed by atoms with E-state index in [1.54, 1.807) is 0 Å². The summed E-state index contributed by atoms with van der Waals surface area (Å²) in [5.41, 5.74) is 6.11. The number of carbonyl (C=O) groups excluding carboxylic acids is 1. The summed E-state index contributed by atoms with van der Waals surface area (Å²) in [6, 6.07) is 9.83. The number of ether oxygens (including phenoxy) is 1. The van der Waals surface area contributed by atoms with Crippen molar-refractivity contribution in [1.29, 1.82) is 0 Å². The summed E-state index contributed by atoms with van der Waals surface area (Å²) in [5.74, 6) is 0.0702. The number of benzene rings is 1. The molecule has 0 saturated heterocycles. The van der Waals surface area contributed by atoms with Gasteiger partial charge in [0.05, 0.1) is 18.8 Å². The summed E-state index contributed by atoms with van der Waals surface area (Å²) in [7, 11) is 0. The Hall–Kier alpha value is -1.19. The Morgan fingerprint density at radius 1 is 1.38 bits per heavy atom. The zero-order chi connectivity index (χ0) is 12.0. The van der Waals surface area contributed by atoms with Crippen LogP contribution in [0.25, 0.3) is 0 Å². The first-order valence-electron chi connectivity index (χ1n) is 5.45. The van der Waals surface area contributed by atoms with Crippen LogP contribution >= 0.6 is 0 Å². The molecule has 0 fully saturated rings. The van der Waals surface area contributed by atoms with Gasteiger partial charge in [-0.2, -0.15) is 0 Å². The third-order valence-corrected chi connectivity index (χ3v) is 2.76. The summed E-state index contributed by atoms with van der Waals surface area (Å²) < 4.78 is 5.48. The van der Waals surface area contributed by atoms with E-state index in [0.717, 1.165) is 11.8 Å². The molecule has 16 heavy (non-hydrogen) atoms. The molecule has 0 aliphatic heterocycles. The van der Waals surface area contributed by atoms with Gasteiger partial charge in [-0.15, -0.1) is 0 Å². The maximum absolute atomic E-state index is 10.9. The molecule has 0 radical (unpaired) electrons. The molecule has 3 heteroatoms. The molecule has 1 unspecified atom stereocenters. The highest BCUT2D eigenvalue weighted by molar-refractivity contribution is 5.64. The SMILES string of the molecule is CC(C)C(N)(C=O)COCc1ccccc1. The van der Waals surface area contributed by atoms with Crippen LogP contribution in [-0.4, -0.2) is 18.4 Å². The minimum atomic E-state index is -0.880. The van der Waals surface area contributed by atoms with Gasteiger partial charge in [0.2, 0.25) is 0 Å². The predicted molar refractivity (Wildman–Crippen MR) is 63.9 cm³/mol. The molecule has 88 valence electrons. The Kier molecular flexibility index (Phi) is 4.65. The van der Waals surface area contributed by atoms with Crippen LogP contribution in [0.15, 0.2) is 30.3 Å². The maximum atomic E-state index is 10.9. The predicted octanol–water partition coefficient (Wildman–Crippen LogP) is 1.76. The van der Waals surface area contributed by atoms with E-state index >= 15 is 0 Å². The summed E-state index contributed by atoms with van der Waals surface area (Å²) in [5, 5.41) is 0. The van der Waals surface area contributed by atoms with Crippen molar-refractivity contribution in [3.63, 3.8) is 0 Å². The lowest BCUT2D eigenvalue weighted by Gasteiger charge is -2.26. The lowest BCUT2D eigenvalue weighted by molar-refractivity contribution is -0.116. The van der Waals surface area contributed by atoms with Crippen LogP contribution in [-0.2, 0) is 16.1 Å². The first-order chi connectivity index (χ1) is 7.58. The molecule has 0 saturated carbocycles. The van der Waals surface area contributed by atoms with Gasteiger partial charge in [-0.1, -0.05) is 44.2 Å². The van der Waals surface area contributed by atoms with E-state index in [-0.39, 0.29) is 12.5 Å². The summed E-state index contributed by atoms with van der Waals surface area (Å²) in [6.07, 6.45) is 0.780. The zero-order valence-corrected chi connectivity index (χ0v) is 9.85. The van der Waals surface area contributed by atoms with E-state index in [9.17, 15) is 4.79 Å².